The van der Waals surface area contributed by atoms with Gasteiger partial charge in [0.25, 0.3) is 6.01 Å². The van der Waals surface area contributed by atoms with Crippen LogP contribution in [0.1, 0.15) is 0 Å². The minimum atomic E-state index is -4.16. The molecule has 1 aliphatic heterocycles. The van der Waals surface area contributed by atoms with Gasteiger partial charge in [0, 0.05) is 37.9 Å². The van der Waals surface area contributed by atoms with Crippen molar-refractivity contribution < 1.29 is 17.6 Å². The van der Waals surface area contributed by atoms with Gasteiger partial charge in [-0.3, -0.25) is 4.90 Å². The lowest BCUT2D eigenvalue weighted by Crippen LogP contribution is -2.49. The van der Waals surface area contributed by atoms with Crippen molar-refractivity contribution in [2.24, 2.45) is 0 Å². The number of hydrogen-bond donors (Lipinski definition) is 1. The van der Waals surface area contributed by atoms with E-state index < -0.39 is 12.7 Å². The second-order valence-corrected chi connectivity index (χ2v) is 5.10. The summed E-state index contributed by atoms with van der Waals surface area (Å²) in [6, 6.07) is 5.61. The molecule has 2 heterocycles. The van der Waals surface area contributed by atoms with Crippen LogP contribution in [0, 0.1) is 0 Å². The average Bonchev–Trinajstić information content (AvgIpc) is 2.80. The number of oxazole rings is 1. The smallest absolute Gasteiger partial charge is 0.401 e. The van der Waals surface area contributed by atoms with Crippen molar-refractivity contribution in [3.63, 3.8) is 0 Å². The first-order valence-corrected chi connectivity index (χ1v) is 6.61. The first-order chi connectivity index (χ1) is 9.90. The molecule has 0 spiro atoms. The van der Waals surface area contributed by atoms with Crippen molar-refractivity contribution in [2.75, 3.05) is 43.4 Å². The van der Waals surface area contributed by atoms with Gasteiger partial charge >= 0.3 is 6.18 Å². The molecule has 2 N–H and O–H groups in total. The van der Waals surface area contributed by atoms with Gasteiger partial charge < -0.3 is 15.1 Å². The fourth-order valence-electron chi connectivity index (χ4n) is 2.42. The lowest BCUT2D eigenvalue weighted by Gasteiger charge is -2.33. The average molecular weight is 300 g/mol. The molecule has 1 saturated heterocycles. The van der Waals surface area contributed by atoms with E-state index in [1.165, 1.54) is 4.90 Å². The quantitative estimate of drug-likeness (QED) is 0.861. The summed E-state index contributed by atoms with van der Waals surface area (Å²) in [5, 5.41) is 0. The second kappa shape index (κ2) is 5.10. The van der Waals surface area contributed by atoms with Gasteiger partial charge in [0.05, 0.1) is 6.54 Å². The topological polar surface area (TPSA) is 58.5 Å². The molecule has 0 unspecified atom stereocenters. The number of piperazine rings is 1. The minimum absolute atomic E-state index is 0.334. The van der Waals surface area contributed by atoms with Crippen LogP contribution in [-0.2, 0) is 0 Å². The maximum absolute atomic E-state index is 12.3. The maximum Gasteiger partial charge on any atom is 0.401 e. The molecule has 0 bridgehead atoms. The fourth-order valence-corrected chi connectivity index (χ4v) is 2.42. The van der Waals surface area contributed by atoms with Crippen LogP contribution in [-0.4, -0.2) is 48.8 Å². The highest BCUT2D eigenvalue weighted by molar-refractivity contribution is 5.78. The molecule has 1 aliphatic rings. The summed E-state index contributed by atoms with van der Waals surface area (Å²) < 4.78 is 42.6. The number of nitrogen functional groups attached to an aromatic ring is 1. The van der Waals surface area contributed by atoms with Crippen molar-refractivity contribution in [3.8, 4) is 0 Å². The molecule has 5 nitrogen and oxygen atoms in total. The van der Waals surface area contributed by atoms with Crippen LogP contribution in [0.25, 0.3) is 11.1 Å². The highest BCUT2D eigenvalue weighted by Crippen LogP contribution is 2.25. The second-order valence-electron chi connectivity index (χ2n) is 5.10. The lowest BCUT2D eigenvalue weighted by atomic mass is 10.3. The third-order valence-electron chi connectivity index (χ3n) is 3.45. The van der Waals surface area contributed by atoms with Crippen molar-refractivity contribution in [2.45, 2.75) is 6.18 Å². The van der Waals surface area contributed by atoms with E-state index in [2.05, 4.69) is 4.98 Å². The number of rotatable bonds is 2. The summed E-state index contributed by atoms with van der Waals surface area (Å²) in [4.78, 5) is 7.58. The molecule has 0 amide bonds. The Bertz CT molecular complexity index is 632. The van der Waals surface area contributed by atoms with Gasteiger partial charge in [-0.1, -0.05) is 0 Å². The van der Waals surface area contributed by atoms with Gasteiger partial charge in [-0.15, -0.1) is 0 Å². The van der Waals surface area contributed by atoms with Crippen LogP contribution in [0.4, 0.5) is 24.9 Å². The van der Waals surface area contributed by atoms with Crippen molar-refractivity contribution in [1.29, 1.82) is 0 Å². The molecule has 0 saturated carbocycles. The number of benzene rings is 1. The van der Waals surface area contributed by atoms with Crippen molar-refractivity contribution in [1.82, 2.24) is 9.88 Å². The lowest BCUT2D eigenvalue weighted by molar-refractivity contribution is -0.146. The Morgan fingerprint density at radius 2 is 1.90 bits per heavy atom. The molecule has 21 heavy (non-hydrogen) atoms. The van der Waals surface area contributed by atoms with E-state index in [-0.39, 0.29) is 0 Å². The molecule has 8 heteroatoms. The van der Waals surface area contributed by atoms with Gasteiger partial charge in [-0.25, -0.2) is 0 Å². The normalized spacial score (nSPS) is 17.6. The Kier molecular flexibility index (Phi) is 3.40. The number of halogens is 3. The number of anilines is 2. The largest absolute Gasteiger partial charge is 0.423 e. The summed E-state index contributed by atoms with van der Waals surface area (Å²) in [5.74, 6) is 0. The van der Waals surface area contributed by atoms with Crippen LogP contribution in [0.2, 0.25) is 0 Å². The Hall–Kier alpha value is -1.96. The first-order valence-electron chi connectivity index (χ1n) is 6.61. The van der Waals surface area contributed by atoms with E-state index in [0.717, 1.165) is 0 Å². The molecule has 0 aliphatic carbocycles. The summed E-state index contributed by atoms with van der Waals surface area (Å²) in [6.07, 6.45) is -4.16. The van der Waals surface area contributed by atoms with E-state index in [1.54, 1.807) is 18.2 Å². The molecule has 1 fully saturated rings. The molecule has 1 aromatic carbocycles. The van der Waals surface area contributed by atoms with Gasteiger partial charge in [0.15, 0.2) is 5.58 Å². The van der Waals surface area contributed by atoms with Gasteiger partial charge in [-0.2, -0.15) is 18.2 Å². The predicted octanol–water partition coefficient (Wildman–Crippen LogP) is 2.09. The van der Waals surface area contributed by atoms with Gasteiger partial charge in [-0.05, 0) is 12.1 Å². The summed E-state index contributed by atoms with van der Waals surface area (Å²) in [5.41, 5.74) is 7.53. The minimum Gasteiger partial charge on any atom is -0.423 e. The van der Waals surface area contributed by atoms with E-state index in [4.69, 9.17) is 10.2 Å². The first kappa shape index (κ1) is 14.0. The number of fused-ring (bicyclic) bond motifs is 1. The number of alkyl halides is 3. The molecule has 3 rings (SSSR count). The molecule has 0 atom stereocenters. The van der Waals surface area contributed by atoms with Crippen LogP contribution in [0.3, 0.4) is 0 Å². The monoisotopic (exact) mass is 300 g/mol. The molecule has 0 radical (unpaired) electrons. The summed E-state index contributed by atoms with van der Waals surface area (Å²) in [7, 11) is 0. The third kappa shape index (κ3) is 3.21. The van der Waals surface area contributed by atoms with Gasteiger partial charge in [0.2, 0.25) is 0 Å². The Labute approximate surface area is 119 Å². The molecule has 1 aromatic heterocycles. The highest BCUT2D eigenvalue weighted by Gasteiger charge is 2.32. The fraction of sp³-hybridized carbons (Fsp3) is 0.462. The Morgan fingerprint density at radius 3 is 2.57 bits per heavy atom. The number of hydrogen-bond acceptors (Lipinski definition) is 5. The zero-order chi connectivity index (χ0) is 15.0. The van der Waals surface area contributed by atoms with E-state index in [0.29, 0.717) is 49.0 Å². The van der Waals surface area contributed by atoms with Crippen molar-refractivity contribution in [3.05, 3.63) is 18.2 Å². The number of aromatic nitrogens is 1. The summed E-state index contributed by atoms with van der Waals surface area (Å²) >= 11 is 0. The molecular formula is C13H15F3N4O. The Morgan fingerprint density at radius 1 is 1.19 bits per heavy atom. The number of nitrogens with two attached hydrogens (primary N) is 1. The van der Waals surface area contributed by atoms with Gasteiger partial charge in [0.1, 0.15) is 5.52 Å². The predicted molar refractivity (Wildman–Crippen MR) is 73.1 cm³/mol. The van der Waals surface area contributed by atoms with E-state index >= 15 is 0 Å². The molecular weight excluding hydrogens is 285 g/mol. The third-order valence-corrected chi connectivity index (χ3v) is 3.45. The SMILES string of the molecule is Nc1ccc2nc(N3CCN(CC(F)(F)F)CC3)oc2c1. The molecule has 114 valence electrons. The standard InChI is InChI=1S/C13H15F3N4O/c14-13(15,16)8-19-3-5-20(6-4-19)12-18-10-2-1-9(17)7-11(10)21-12/h1-2,7H,3-6,8,17H2. The highest BCUT2D eigenvalue weighted by atomic mass is 19.4. The zero-order valence-electron chi connectivity index (χ0n) is 11.2. The maximum atomic E-state index is 12.3. The summed E-state index contributed by atoms with van der Waals surface area (Å²) in [6.45, 7) is 0.711. The van der Waals surface area contributed by atoms with E-state index in [9.17, 15) is 13.2 Å². The zero-order valence-corrected chi connectivity index (χ0v) is 11.2. The van der Waals surface area contributed by atoms with Crippen LogP contribution < -0.4 is 10.6 Å². The van der Waals surface area contributed by atoms with Crippen LogP contribution >= 0.6 is 0 Å². The molecule has 2 aromatic rings. The van der Waals surface area contributed by atoms with Crippen LogP contribution in [0.5, 0.6) is 0 Å². The Balaban J connectivity index is 1.68. The van der Waals surface area contributed by atoms with Crippen LogP contribution in [0.15, 0.2) is 22.6 Å². The van der Waals surface area contributed by atoms with Crippen molar-refractivity contribution >= 4 is 22.8 Å². The van der Waals surface area contributed by atoms with E-state index in [1.807, 2.05) is 4.90 Å². The number of nitrogens with zero attached hydrogens (tertiary/aromatic N) is 3.